The fourth-order valence-corrected chi connectivity index (χ4v) is 4.41. The van der Waals surface area contributed by atoms with Crippen LogP contribution < -0.4 is 5.32 Å². The summed E-state index contributed by atoms with van der Waals surface area (Å²) in [7, 11) is 0. The lowest BCUT2D eigenvalue weighted by Gasteiger charge is -2.52. The summed E-state index contributed by atoms with van der Waals surface area (Å²) < 4.78 is 26.9. The van der Waals surface area contributed by atoms with Crippen molar-refractivity contribution in [1.82, 2.24) is 20.4 Å². The van der Waals surface area contributed by atoms with Gasteiger partial charge in [-0.2, -0.15) is 5.10 Å². The number of H-pyrrole nitrogens is 1. The number of hydrogen-bond acceptors (Lipinski definition) is 3. The molecule has 1 aromatic heterocycles. The van der Waals surface area contributed by atoms with Crippen molar-refractivity contribution in [2.24, 2.45) is 5.41 Å². The molecule has 1 saturated carbocycles. The Morgan fingerprint density at radius 2 is 2.07 bits per heavy atom. The van der Waals surface area contributed by atoms with Gasteiger partial charge >= 0.3 is 0 Å². The van der Waals surface area contributed by atoms with Crippen LogP contribution in [-0.4, -0.2) is 40.1 Å². The topological polar surface area (TPSA) is 61.0 Å². The number of rotatable bonds is 5. The average molecular weight is 374 g/mol. The predicted molar refractivity (Wildman–Crippen MR) is 96.8 cm³/mol. The number of hydrogen-bond donors (Lipinski definition) is 2. The van der Waals surface area contributed by atoms with Crippen LogP contribution in [0.1, 0.15) is 36.8 Å². The standard InChI is InChI=1S/C20H24F2N4O/c21-16-2-1-15(18(22)8-16)13-26-5-3-20(4-6-26)9-17(10-20)25-19(27)7-14-11-23-24-12-14/h1-2,8,11-12,17H,3-7,9-10,13H2,(H,23,24)(H,25,27). The number of piperidine rings is 1. The molecule has 1 saturated heterocycles. The van der Waals surface area contributed by atoms with Gasteiger partial charge in [-0.3, -0.25) is 14.8 Å². The molecule has 144 valence electrons. The molecule has 2 fully saturated rings. The molecule has 1 amide bonds. The van der Waals surface area contributed by atoms with E-state index >= 15 is 0 Å². The van der Waals surface area contributed by atoms with Gasteiger partial charge in [0.25, 0.3) is 0 Å². The second kappa shape index (κ2) is 7.38. The van der Waals surface area contributed by atoms with Gasteiger partial charge in [0.1, 0.15) is 11.6 Å². The summed E-state index contributed by atoms with van der Waals surface area (Å²) in [6.45, 7) is 2.34. The van der Waals surface area contributed by atoms with Crippen LogP contribution in [-0.2, 0) is 17.8 Å². The van der Waals surface area contributed by atoms with Gasteiger partial charge in [0.05, 0.1) is 12.6 Å². The van der Waals surface area contributed by atoms with Gasteiger partial charge in [0.15, 0.2) is 0 Å². The largest absolute Gasteiger partial charge is 0.353 e. The molecule has 0 atom stereocenters. The van der Waals surface area contributed by atoms with E-state index in [1.54, 1.807) is 12.4 Å². The Bertz CT molecular complexity index is 792. The molecule has 5 nitrogen and oxygen atoms in total. The van der Waals surface area contributed by atoms with E-state index in [1.807, 2.05) is 0 Å². The molecular formula is C20H24F2N4O. The molecule has 2 N–H and O–H groups in total. The van der Waals surface area contributed by atoms with Gasteiger partial charge in [0.2, 0.25) is 5.91 Å². The lowest BCUT2D eigenvalue weighted by Crippen LogP contribution is -2.55. The molecule has 1 aliphatic heterocycles. The monoisotopic (exact) mass is 374 g/mol. The Hall–Kier alpha value is -2.28. The van der Waals surface area contributed by atoms with Crippen molar-refractivity contribution in [3.63, 3.8) is 0 Å². The minimum Gasteiger partial charge on any atom is -0.353 e. The first-order valence-electron chi connectivity index (χ1n) is 9.45. The van der Waals surface area contributed by atoms with E-state index in [2.05, 4.69) is 20.4 Å². The molecule has 2 aliphatic rings. The van der Waals surface area contributed by atoms with E-state index in [1.165, 1.54) is 12.1 Å². The zero-order valence-corrected chi connectivity index (χ0v) is 15.2. The van der Waals surface area contributed by atoms with Gasteiger partial charge in [-0.15, -0.1) is 0 Å². The maximum Gasteiger partial charge on any atom is 0.224 e. The van der Waals surface area contributed by atoms with Crippen molar-refractivity contribution in [1.29, 1.82) is 0 Å². The summed E-state index contributed by atoms with van der Waals surface area (Å²) in [5.74, 6) is -0.969. The van der Waals surface area contributed by atoms with E-state index in [-0.39, 0.29) is 11.9 Å². The minimum absolute atomic E-state index is 0.0421. The molecule has 1 aromatic carbocycles. The molecule has 4 rings (SSSR count). The van der Waals surface area contributed by atoms with Crippen LogP contribution in [0.15, 0.2) is 30.6 Å². The maximum atomic E-state index is 13.8. The van der Waals surface area contributed by atoms with Crippen molar-refractivity contribution >= 4 is 5.91 Å². The zero-order valence-electron chi connectivity index (χ0n) is 15.2. The lowest BCUT2D eigenvalue weighted by molar-refractivity contribution is -0.123. The van der Waals surface area contributed by atoms with Crippen LogP contribution in [0.2, 0.25) is 0 Å². The molecule has 0 unspecified atom stereocenters. The predicted octanol–water partition coefficient (Wildman–Crippen LogP) is 2.79. The Labute approximate surface area is 157 Å². The fourth-order valence-electron chi connectivity index (χ4n) is 4.41. The van der Waals surface area contributed by atoms with E-state index < -0.39 is 11.6 Å². The second-order valence-corrected chi connectivity index (χ2v) is 7.97. The number of aromatic nitrogens is 2. The Kier molecular flexibility index (Phi) is 4.95. The highest BCUT2D eigenvalue weighted by atomic mass is 19.1. The maximum absolute atomic E-state index is 13.8. The number of amides is 1. The minimum atomic E-state index is -0.538. The summed E-state index contributed by atoms with van der Waals surface area (Å²) in [6, 6.07) is 4.05. The third kappa shape index (κ3) is 4.18. The van der Waals surface area contributed by atoms with E-state index in [4.69, 9.17) is 0 Å². The number of benzene rings is 1. The normalized spacial score (nSPS) is 19.8. The molecule has 27 heavy (non-hydrogen) atoms. The van der Waals surface area contributed by atoms with Crippen molar-refractivity contribution in [3.8, 4) is 0 Å². The molecule has 2 heterocycles. The van der Waals surface area contributed by atoms with Crippen LogP contribution in [0.5, 0.6) is 0 Å². The first-order chi connectivity index (χ1) is 13.0. The first-order valence-corrected chi connectivity index (χ1v) is 9.45. The van der Waals surface area contributed by atoms with Crippen LogP contribution in [0.3, 0.4) is 0 Å². The molecular weight excluding hydrogens is 350 g/mol. The summed E-state index contributed by atoms with van der Waals surface area (Å²) in [6.07, 6.45) is 7.92. The number of carbonyl (C=O) groups is 1. The number of aromatic amines is 1. The summed E-state index contributed by atoms with van der Waals surface area (Å²) in [4.78, 5) is 14.3. The van der Waals surface area contributed by atoms with Crippen molar-refractivity contribution in [3.05, 3.63) is 53.4 Å². The highest BCUT2D eigenvalue weighted by Gasteiger charge is 2.46. The highest BCUT2D eigenvalue weighted by Crippen LogP contribution is 2.49. The van der Waals surface area contributed by atoms with Crippen LogP contribution in [0.25, 0.3) is 0 Å². The number of halogens is 2. The second-order valence-electron chi connectivity index (χ2n) is 7.97. The Morgan fingerprint density at radius 3 is 2.74 bits per heavy atom. The number of nitrogens with one attached hydrogen (secondary N) is 2. The molecule has 0 bridgehead atoms. The lowest BCUT2D eigenvalue weighted by atomic mass is 9.60. The fraction of sp³-hybridized carbons (Fsp3) is 0.500. The van der Waals surface area contributed by atoms with E-state index in [9.17, 15) is 13.6 Å². The van der Waals surface area contributed by atoms with E-state index in [0.717, 1.165) is 50.4 Å². The summed E-state index contributed by atoms with van der Waals surface area (Å²) in [5.41, 5.74) is 1.75. The SMILES string of the molecule is O=C(Cc1cn[nH]c1)NC1CC2(CCN(Cc3ccc(F)cc3F)CC2)C1. The third-order valence-electron chi connectivity index (χ3n) is 5.97. The smallest absolute Gasteiger partial charge is 0.224 e. The quantitative estimate of drug-likeness (QED) is 0.846. The van der Waals surface area contributed by atoms with E-state index in [0.29, 0.717) is 23.9 Å². The van der Waals surface area contributed by atoms with Gasteiger partial charge in [0, 0.05) is 30.4 Å². The molecule has 1 spiro atoms. The van der Waals surface area contributed by atoms with Gasteiger partial charge in [-0.25, -0.2) is 8.78 Å². The van der Waals surface area contributed by atoms with Crippen LogP contribution in [0.4, 0.5) is 8.78 Å². The molecule has 1 aliphatic carbocycles. The Morgan fingerprint density at radius 1 is 1.30 bits per heavy atom. The van der Waals surface area contributed by atoms with Crippen LogP contribution >= 0.6 is 0 Å². The van der Waals surface area contributed by atoms with Crippen LogP contribution in [0, 0.1) is 17.0 Å². The van der Waals surface area contributed by atoms with Gasteiger partial charge in [-0.05, 0) is 55.8 Å². The molecule has 0 radical (unpaired) electrons. The summed E-state index contributed by atoms with van der Waals surface area (Å²) >= 11 is 0. The number of nitrogens with zero attached hydrogens (tertiary/aromatic N) is 2. The van der Waals surface area contributed by atoms with Crippen molar-refractivity contribution in [2.75, 3.05) is 13.1 Å². The van der Waals surface area contributed by atoms with Crippen molar-refractivity contribution in [2.45, 2.75) is 44.7 Å². The van der Waals surface area contributed by atoms with Gasteiger partial charge < -0.3 is 5.32 Å². The average Bonchev–Trinajstić information content (AvgIpc) is 3.10. The summed E-state index contributed by atoms with van der Waals surface area (Å²) in [5, 5.41) is 9.68. The molecule has 7 heteroatoms. The first kappa shape index (κ1) is 18.1. The van der Waals surface area contributed by atoms with Crippen molar-refractivity contribution < 1.29 is 13.6 Å². The highest BCUT2D eigenvalue weighted by molar-refractivity contribution is 5.78. The van der Waals surface area contributed by atoms with Gasteiger partial charge in [-0.1, -0.05) is 6.07 Å². The number of carbonyl (C=O) groups excluding carboxylic acids is 1. The number of likely N-dealkylation sites (tertiary alicyclic amines) is 1. The Balaban J connectivity index is 1.21. The molecule has 2 aromatic rings. The third-order valence-corrected chi connectivity index (χ3v) is 5.97. The zero-order chi connectivity index (χ0) is 18.9.